The molecule has 0 aliphatic carbocycles. The number of carbonyl (C=O) groups excluding carboxylic acids is 1. The highest BCUT2D eigenvalue weighted by Gasteiger charge is 2.23. The molecule has 1 fully saturated rings. The molecule has 0 bridgehead atoms. The Morgan fingerprint density at radius 3 is 2.80 bits per heavy atom. The molecule has 1 unspecified atom stereocenters. The summed E-state index contributed by atoms with van der Waals surface area (Å²) >= 11 is 0. The number of hydrogen-bond acceptors (Lipinski definition) is 3. The molecule has 1 aliphatic heterocycles. The molecule has 4 nitrogen and oxygen atoms in total. The van der Waals surface area contributed by atoms with Gasteiger partial charge in [-0.25, -0.2) is 0 Å². The van der Waals surface area contributed by atoms with E-state index in [-0.39, 0.29) is 11.9 Å². The Balaban J connectivity index is 1.80. The molecule has 20 heavy (non-hydrogen) atoms. The molecular formula is C16H24N2O2. The lowest BCUT2D eigenvalue weighted by molar-refractivity contribution is -0.133. The number of amides is 1. The smallest absolute Gasteiger partial charge is 0.226 e. The van der Waals surface area contributed by atoms with Crippen LogP contribution in [-0.4, -0.2) is 36.5 Å². The fourth-order valence-corrected chi connectivity index (χ4v) is 2.67. The van der Waals surface area contributed by atoms with E-state index >= 15 is 0 Å². The number of rotatable bonds is 5. The van der Waals surface area contributed by atoms with Gasteiger partial charge in [0.1, 0.15) is 5.75 Å². The molecular weight excluding hydrogens is 252 g/mol. The molecule has 2 N–H and O–H groups in total. The third kappa shape index (κ3) is 4.23. The van der Waals surface area contributed by atoms with Crippen molar-refractivity contribution in [2.45, 2.75) is 38.1 Å². The fourth-order valence-electron chi connectivity index (χ4n) is 2.67. The van der Waals surface area contributed by atoms with Crippen LogP contribution in [0.2, 0.25) is 0 Å². The fraction of sp³-hybridized carbons (Fsp3) is 0.562. The summed E-state index contributed by atoms with van der Waals surface area (Å²) < 4.78 is 5.59. The normalized spacial score (nSPS) is 19.4. The lowest BCUT2D eigenvalue weighted by Gasteiger charge is -2.29. The lowest BCUT2D eigenvalue weighted by Crippen LogP contribution is -2.44. The van der Waals surface area contributed by atoms with Crippen LogP contribution in [0.1, 0.15) is 32.1 Å². The van der Waals surface area contributed by atoms with E-state index in [1.807, 2.05) is 35.2 Å². The molecule has 0 saturated carbocycles. The number of ether oxygens (including phenoxy) is 1. The first-order valence-electron chi connectivity index (χ1n) is 7.48. The summed E-state index contributed by atoms with van der Waals surface area (Å²) in [5.41, 5.74) is 5.80. The van der Waals surface area contributed by atoms with Crippen molar-refractivity contribution >= 4 is 5.91 Å². The Bertz CT molecular complexity index is 408. The first kappa shape index (κ1) is 14.9. The average Bonchev–Trinajstić information content (AvgIpc) is 2.73. The third-order valence-electron chi connectivity index (χ3n) is 3.80. The van der Waals surface area contributed by atoms with E-state index in [2.05, 4.69) is 0 Å². The second-order valence-corrected chi connectivity index (χ2v) is 5.24. The number of nitrogens with two attached hydrogens (primary N) is 1. The largest absolute Gasteiger partial charge is 0.493 e. The first-order chi connectivity index (χ1) is 9.81. The predicted molar refractivity (Wildman–Crippen MR) is 79.6 cm³/mol. The van der Waals surface area contributed by atoms with E-state index in [1.165, 1.54) is 12.8 Å². The Morgan fingerprint density at radius 1 is 1.25 bits per heavy atom. The quantitative estimate of drug-likeness (QED) is 0.897. The number of carbonyl (C=O) groups is 1. The van der Waals surface area contributed by atoms with Crippen LogP contribution in [0.4, 0.5) is 0 Å². The Kier molecular flexibility index (Phi) is 5.87. The van der Waals surface area contributed by atoms with E-state index in [0.717, 1.165) is 25.1 Å². The molecule has 0 spiro atoms. The summed E-state index contributed by atoms with van der Waals surface area (Å²) in [6, 6.07) is 9.81. The summed E-state index contributed by atoms with van der Waals surface area (Å²) in [6.45, 7) is 1.83. The maximum atomic E-state index is 12.3. The van der Waals surface area contributed by atoms with Crippen LogP contribution in [0, 0.1) is 0 Å². The highest BCUT2D eigenvalue weighted by molar-refractivity contribution is 5.76. The van der Waals surface area contributed by atoms with Crippen LogP contribution in [0.3, 0.4) is 0 Å². The molecule has 1 aromatic rings. The molecule has 1 saturated heterocycles. The predicted octanol–water partition coefficient (Wildman–Crippen LogP) is 2.19. The van der Waals surface area contributed by atoms with Crippen LogP contribution < -0.4 is 10.5 Å². The molecule has 4 heteroatoms. The monoisotopic (exact) mass is 276 g/mol. The van der Waals surface area contributed by atoms with Gasteiger partial charge < -0.3 is 15.4 Å². The van der Waals surface area contributed by atoms with Crippen molar-refractivity contribution in [3.63, 3.8) is 0 Å². The van der Waals surface area contributed by atoms with Crippen LogP contribution in [0.5, 0.6) is 5.75 Å². The zero-order chi connectivity index (χ0) is 14.2. The van der Waals surface area contributed by atoms with Gasteiger partial charge in [0.15, 0.2) is 0 Å². The van der Waals surface area contributed by atoms with Crippen molar-refractivity contribution in [2.75, 3.05) is 19.7 Å². The second kappa shape index (κ2) is 7.90. The van der Waals surface area contributed by atoms with E-state index in [1.54, 1.807) is 0 Å². The summed E-state index contributed by atoms with van der Waals surface area (Å²) in [5.74, 6) is 0.977. The number of hydrogen-bond donors (Lipinski definition) is 1. The SMILES string of the molecule is NCC1CCCCCN1C(=O)CCOc1ccccc1. The molecule has 1 heterocycles. The Morgan fingerprint density at radius 2 is 2.05 bits per heavy atom. The van der Waals surface area contributed by atoms with Crippen LogP contribution >= 0.6 is 0 Å². The van der Waals surface area contributed by atoms with Crippen molar-refractivity contribution in [3.05, 3.63) is 30.3 Å². The minimum absolute atomic E-state index is 0.165. The third-order valence-corrected chi connectivity index (χ3v) is 3.80. The highest BCUT2D eigenvalue weighted by atomic mass is 16.5. The molecule has 1 amide bonds. The second-order valence-electron chi connectivity index (χ2n) is 5.24. The van der Waals surface area contributed by atoms with Gasteiger partial charge in [0.05, 0.1) is 13.0 Å². The van der Waals surface area contributed by atoms with E-state index in [9.17, 15) is 4.79 Å². The summed E-state index contributed by atoms with van der Waals surface area (Å²) in [4.78, 5) is 14.3. The molecule has 0 radical (unpaired) electrons. The van der Waals surface area contributed by atoms with Crippen LogP contribution in [-0.2, 0) is 4.79 Å². The average molecular weight is 276 g/mol. The van der Waals surface area contributed by atoms with Crippen molar-refractivity contribution in [3.8, 4) is 5.75 Å². The number of nitrogens with zero attached hydrogens (tertiary/aromatic N) is 1. The molecule has 0 aromatic heterocycles. The minimum atomic E-state index is 0.165. The molecule has 110 valence electrons. The van der Waals surface area contributed by atoms with Gasteiger partial charge in [-0.05, 0) is 25.0 Å². The summed E-state index contributed by atoms with van der Waals surface area (Å²) in [5, 5.41) is 0. The van der Waals surface area contributed by atoms with Crippen molar-refractivity contribution in [2.24, 2.45) is 5.73 Å². The van der Waals surface area contributed by atoms with E-state index < -0.39 is 0 Å². The van der Waals surface area contributed by atoms with Gasteiger partial charge in [0.25, 0.3) is 0 Å². The molecule has 1 atom stereocenters. The topological polar surface area (TPSA) is 55.6 Å². The van der Waals surface area contributed by atoms with Gasteiger partial charge in [0.2, 0.25) is 5.91 Å². The van der Waals surface area contributed by atoms with Crippen molar-refractivity contribution < 1.29 is 9.53 Å². The van der Waals surface area contributed by atoms with Crippen LogP contribution in [0.25, 0.3) is 0 Å². The van der Waals surface area contributed by atoms with Crippen molar-refractivity contribution in [1.29, 1.82) is 0 Å². The standard InChI is InChI=1S/C16H24N2O2/c17-13-14-7-3-2-6-11-18(14)16(19)10-12-20-15-8-4-1-5-9-15/h1,4-5,8-9,14H,2-3,6-7,10-13,17H2. The summed E-state index contributed by atoms with van der Waals surface area (Å²) in [7, 11) is 0. The van der Waals surface area contributed by atoms with Crippen LogP contribution in [0.15, 0.2) is 30.3 Å². The number of para-hydroxylation sites is 1. The van der Waals surface area contributed by atoms with Gasteiger partial charge in [-0.3, -0.25) is 4.79 Å². The molecule has 1 aromatic carbocycles. The zero-order valence-electron chi connectivity index (χ0n) is 12.0. The zero-order valence-corrected chi connectivity index (χ0v) is 12.0. The van der Waals surface area contributed by atoms with Gasteiger partial charge in [-0.2, -0.15) is 0 Å². The van der Waals surface area contributed by atoms with Gasteiger partial charge in [-0.1, -0.05) is 31.0 Å². The Hall–Kier alpha value is -1.55. The summed E-state index contributed by atoms with van der Waals surface area (Å²) in [6.07, 6.45) is 4.90. The maximum absolute atomic E-state index is 12.3. The first-order valence-corrected chi connectivity index (χ1v) is 7.48. The van der Waals surface area contributed by atoms with E-state index in [4.69, 9.17) is 10.5 Å². The minimum Gasteiger partial charge on any atom is -0.493 e. The number of likely N-dealkylation sites (tertiary alicyclic amines) is 1. The Labute approximate surface area is 120 Å². The van der Waals surface area contributed by atoms with Gasteiger partial charge in [0, 0.05) is 19.1 Å². The van der Waals surface area contributed by atoms with E-state index in [0.29, 0.717) is 19.6 Å². The molecule has 1 aliphatic rings. The molecule has 2 rings (SSSR count). The van der Waals surface area contributed by atoms with Gasteiger partial charge in [-0.15, -0.1) is 0 Å². The number of benzene rings is 1. The van der Waals surface area contributed by atoms with Crippen molar-refractivity contribution in [1.82, 2.24) is 4.90 Å². The van der Waals surface area contributed by atoms with Gasteiger partial charge >= 0.3 is 0 Å². The maximum Gasteiger partial charge on any atom is 0.226 e. The highest BCUT2D eigenvalue weighted by Crippen LogP contribution is 2.17. The lowest BCUT2D eigenvalue weighted by atomic mass is 10.1.